The van der Waals surface area contributed by atoms with E-state index in [0.717, 1.165) is 42.3 Å². The molecule has 1 aromatic heterocycles. The van der Waals surface area contributed by atoms with E-state index in [0.29, 0.717) is 33.7 Å². The Labute approximate surface area is 288 Å². The number of hydrogen-bond donors (Lipinski definition) is 0. The highest BCUT2D eigenvalue weighted by Gasteiger charge is 2.73. The van der Waals surface area contributed by atoms with Gasteiger partial charge < -0.3 is 28.7 Å². The first-order chi connectivity index (χ1) is 20.2. The highest BCUT2D eigenvalue weighted by Crippen LogP contribution is 2.77. The third-order valence-corrected chi connectivity index (χ3v) is 16.1. The molecule has 8 rings (SSSR count). The zero-order valence-electron chi connectivity index (χ0n) is 28.5. The number of halogens is 2. The highest BCUT2D eigenvalue weighted by atomic mass is 127. The molecule has 0 unspecified atom stereocenters. The first kappa shape index (κ1) is 31.9. The van der Waals surface area contributed by atoms with Gasteiger partial charge in [-0.25, -0.2) is 0 Å². The summed E-state index contributed by atoms with van der Waals surface area (Å²) in [6.07, 6.45) is 12.6. The molecule has 6 heteroatoms. The minimum atomic E-state index is 0. The number of nitrogens with zero attached hydrogens (tertiary/aromatic N) is 3. The SMILES string of the molecule is Cn1n[n+](Cc2cccc(Cl)c2)c2c1C[C@]1(C)[C@H]3CC[C@@H]4[C@H]5[C@H]6OC[C@@]5(CCC6(C)C)CC[C@@]4(C)[C@]3(C)CC[C@H]1C2(C)C.[I-]. The van der Waals surface area contributed by atoms with Crippen molar-refractivity contribution in [3.63, 3.8) is 0 Å². The molecule has 5 aliphatic carbocycles. The Morgan fingerprint density at radius 2 is 1.68 bits per heavy atom. The third-order valence-electron chi connectivity index (χ3n) is 15.8. The predicted octanol–water partition coefficient (Wildman–Crippen LogP) is 5.32. The van der Waals surface area contributed by atoms with E-state index in [9.17, 15) is 0 Å². The fraction of sp³-hybridized carbons (Fsp3) is 0.789. The largest absolute Gasteiger partial charge is 1.00 e. The van der Waals surface area contributed by atoms with Crippen molar-refractivity contribution < 1.29 is 33.4 Å². The molecule has 4 saturated carbocycles. The second kappa shape index (κ2) is 9.94. The molecule has 0 radical (unpaired) electrons. The molecule has 0 spiro atoms. The molecule has 6 aliphatic rings. The van der Waals surface area contributed by atoms with Crippen molar-refractivity contribution in [3.05, 3.63) is 46.2 Å². The van der Waals surface area contributed by atoms with Gasteiger partial charge in [-0.1, -0.05) is 72.2 Å². The summed E-state index contributed by atoms with van der Waals surface area (Å²) in [4.78, 5) is 0. The molecule has 1 aromatic carbocycles. The number of fused-ring (bicyclic) bond motifs is 6. The normalized spacial score (nSPS) is 44.3. The van der Waals surface area contributed by atoms with Crippen LogP contribution in [0.25, 0.3) is 0 Å². The van der Waals surface area contributed by atoms with Gasteiger partial charge in [-0.2, -0.15) is 0 Å². The van der Waals surface area contributed by atoms with Crippen LogP contribution in [0.1, 0.15) is 117 Å². The van der Waals surface area contributed by atoms with Crippen molar-refractivity contribution in [2.45, 2.75) is 124 Å². The van der Waals surface area contributed by atoms with Crippen LogP contribution >= 0.6 is 11.6 Å². The number of aryl methyl sites for hydroxylation is 1. The maximum absolute atomic E-state index is 6.81. The zero-order valence-corrected chi connectivity index (χ0v) is 31.4. The number of aromatic nitrogens is 3. The Balaban J connectivity index is 0.00000312. The lowest BCUT2D eigenvalue weighted by atomic mass is 9.31. The summed E-state index contributed by atoms with van der Waals surface area (Å²) in [5, 5.41) is 5.96. The molecule has 0 amide bonds. The lowest BCUT2D eigenvalue weighted by Gasteiger charge is -2.72. The number of ether oxygens (including phenoxy) is 1. The summed E-state index contributed by atoms with van der Waals surface area (Å²) in [6, 6.07) is 8.31. The van der Waals surface area contributed by atoms with Crippen LogP contribution in [0.3, 0.4) is 0 Å². The first-order valence-corrected chi connectivity index (χ1v) is 17.9. The fourth-order valence-corrected chi connectivity index (χ4v) is 13.9. The van der Waals surface area contributed by atoms with Gasteiger partial charge in [-0.3, -0.25) is 0 Å². The number of rotatable bonds is 2. The van der Waals surface area contributed by atoms with Crippen molar-refractivity contribution >= 4 is 11.6 Å². The van der Waals surface area contributed by atoms with Crippen LogP contribution in [-0.2, 0) is 30.2 Å². The molecule has 2 bridgehead atoms. The molecule has 5 fully saturated rings. The van der Waals surface area contributed by atoms with Crippen LogP contribution in [0.5, 0.6) is 0 Å². The van der Waals surface area contributed by atoms with Crippen molar-refractivity contribution in [2.75, 3.05) is 6.61 Å². The predicted molar refractivity (Wildman–Crippen MR) is 172 cm³/mol. The summed E-state index contributed by atoms with van der Waals surface area (Å²) < 4.78 is 11.4. The molecule has 2 heterocycles. The Morgan fingerprint density at radius 3 is 2.43 bits per heavy atom. The second-order valence-corrected chi connectivity index (χ2v) is 18.7. The Kier molecular flexibility index (Phi) is 7.21. The van der Waals surface area contributed by atoms with E-state index in [1.807, 2.05) is 6.07 Å². The van der Waals surface area contributed by atoms with Gasteiger partial charge in [0.05, 0.1) is 17.9 Å². The Morgan fingerprint density at radius 1 is 0.932 bits per heavy atom. The summed E-state index contributed by atoms with van der Waals surface area (Å²) in [5.41, 5.74) is 6.01. The van der Waals surface area contributed by atoms with E-state index in [4.69, 9.17) is 21.6 Å². The quantitative estimate of drug-likeness (QED) is 0.310. The van der Waals surface area contributed by atoms with Crippen LogP contribution in [0, 0.1) is 50.7 Å². The lowest BCUT2D eigenvalue weighted by Crippen LogP contribution is -3.00. The van der Waals surface area contributed by atoms with Gasteiger partial charge in [0.2, 0.25) is 0 Å². The molecule has 1 saturated heterocycles. The molecule has 44 heavy (non-hydrogen) atoms. The minimum absolute atomic E-state index is 0. The van der Waals surface area contributed by atoms with Crippen molar-refractivity contribution in [3.8, 4) is 0 Å². The van der Waals surface area contributed by atoms with Gasteiger partial charge in [-0.15, -0.1) is 9.36 Å². The van der Waals surface area contributed by atoms with E-state index in [1.54, 1.807) is 0 Å². The monoisotopic (exact) mass is 731 g/mol. The van der Waals surface area contributed by atoms with E-state index in [1.165, 1.54) is 68.3 Å². The van der Waals surface area contributed by atoms with Crippen molar-refractivity contribution in [1.82, 2.24) is 9.90 Å². The maximum Gasteiger partial charge on any atom is 0.177 e. The van der Waals surface area contributed by atoms with Crippen LogP contribution in [0.2, 0.25) is 5.02 Å². The molecular formula is C38H55ClIN3O. The van der Waals surface area contributed by atoms with Crippen molar-refractivity contribution in [1.29, 1.82) is 0 Å². The smallest absolute Gasteiger partial charge is 0.177 e. The number of benzene rings is 1. The topological polar surface area (TPSA) is 30.9 Å². The molecule has 9 atom stereocenters. The molecular weight excluding hydrogens is 677 g/mol. The maximum atomic E-state index is 6.81. The average molecular weight is 732 g/mol. The minimum Gasteiger partial charge on any atom is -1.00 e. The van der Waals surface area contributed by atoms with Gasteiger partial charge in [-0.05, 0) is 120 Å². The van der Waals surface area contributed by atoms with Crippen LogP contribution in [0.15, 0.2) is 24.3 Å². The van der Waals surface area contributed by atoms with Gasteiger partial charge in [0.1, 0.15) is 13.6 Å². The number of hydrogen-bond acceptors (Lipinski definition) is 2. The summed E-state index contributed by atoms with van der Waals surface area (Å²) in [7, 11) is 2.19. The molecule has 1 aliphatic heterocycles. The highest BCUT2D eigenvalue weighted by molar-refractivity contribution is 6.30. The standard InChI is InChI=1S/C38H55ClN3O.HI/c1-33(2)16-18-38-19-17-36(6)26(30(38)32(33)43-23-38)12-13-29-35(5)21-27-31(34(3,4)28(35)14-15-37(29,36)7)42(40-41(27)8)22-24-10-9-11-25(39)20-24;/h9-11,20,26,28-30,32H,12-19,21-23H2,1-8H3;1H/q+1;/p-1/t26-,28+,29-,30+,32-,35+,36-,37-,38-;/m1./s1. The summed E-state index contributed by atoms with van der Waals surface area (Å²) in [6.45, 7) is 20.2. The van der Waals surface area contributed by atoms with Gasteiger partial charge in [0.15, 0.2) is 11.4 Å². The van der Waals surface area contributed by atoms with E-state index >= 15 is 0 Å². The lowest BCUT2D eigenvalue weighted by molar-refractivity contribution is -0.757. The van der Waals surface area contributed by atoms with Crippen LogP contribution < -0.4 is 28.7 Å². The Bertz CT molecular complexity index is 1480. The van der Waals surface area contributed by atoms with Crippen LogP contribution in [-0.4, -0.2) is 22.6 Å². The zero-order chi connectivity index (χ0) is 30.4. The van der Waals surface area contributed by atoms with Crippen molar-refractivity contribution in [2.24, 2.45) is 57.8 Å². The van der Waals surface area contributed by atoms with Crippen LogP contribution in [0.4, 0.5) is 0 Å². The molecule has 242 valence electrons. The second-order valence-electron chi connectivity index (χ2n) is 18.3. The van der Waals surface area contributed by atoms with Gasteiger partial charge in [0, 0.05) is 16.9 Å². The van der Waals surface area contributed by atoms with E-state index < -0.39 is 0 Å². The summed E-state index contributed by atoms with van der Waals surface area (Å²) in [5.74, 6) is 2.96. The molecule has 0 N–H and O–H groups in total. The summed E-state index contributed by atoms with van der Waals surface area (Å²) >= 11 is 6.39. The average Bonchev–Trinajstić information content (AvgIpc) is 3.42. The third kappa shape index (κ3) is 3.96. The van der Waals surface area contributed by atoms with E-state index in [2.05, 4.69) is 83.1 Å². The fourth-order valence-electron chi connectivity index (χ4n) is 13.7. The van der Waals surface area contributed by atoms with E-state index in [-0.39, 0.29) is 34.8 Å². The first-order valence-electron chi connectivity index (χ1n) is 17.5. The Hall–Kier alpha value is -0.660. The molecule has 4 nitrogen and oxygen atoms in total. The van der Waals surface area contributed by atoms with Gasteiger partial charge >= 0.3 is 0 Å². The molecule has 2 aromatic rings. The van der Waals surface area contributed by atoms with Gasteiger partial charge in [0.25, 0.3) is 0 Å².